The van der Waals surface area contributed by atoms with Crippen molar-refractivity contribution < 1.29 is 29.1 Å². The predicted molar refractivity (Wildman–Crippen MR) is 124 cm³/mol. The lowest BCUT2D eigenvalue weighted by molar-refractivity contribution is -0.181. The summed E-state index contributed by atoms with van der Waals surface area (Å²) < 4.78 is 5.54. The molecule has 0 aromatic heterocycles. The Kier molecular flexibility index (Phi) is 7.14. The highest BCUT2D eigenvalue weighted by atomic mass is 16.7. The van der Waals surface area contributed by atoms with Crippen LogP contribution in [-0.2, 0) is 19.2 Å². The number of carbonyl (C=O) groups excluding carboxylic acids is 2. The van der Waals surface area contributed by atoms with Crippen LogP contribution in [0.3, 0.4) is 0 Å². The van der Waals surface area contributed by atoms with E-state index in [2.05, 4.69) is 17.4 Å². The van der Waals surface area contributed by atoms with Crippen molar-refractivity contribution in [1.29, 1.82) is 0 Å². The Balaban J connectivity index is 1.38. The van der Waals surface area contributed by atoms with Crippen molar-refractivity contribution in [1.82, 2.24) is 15.3 Å². The maximum atomic E-state index is 12.9. The van der Waals surface area contributed by atoms with Crippen LogP contribution >= 0.6 is 0 Å². The van der Waals surface area contributed by atoms with E-state index in [9.17, 15) is 14.4 Å². The summed E-state index contributed by atoms with van der Waals surface area (Å²) in [6.07, 6.45) is -0.994. The number of amides is 2. The van der Waals surface area contributed by atoms with Crippen LogP contribution in [0.4, 0.5) is 4.79 Å². The zero-order valence-corrected chi connectivity index (χ0v) is 19.3. The average Bonchev–Trinajstić information content (AvgIpc) is 3.12. The van der Waals surface area contributed by atoms with Gasteiger partial charge < -0.3 is 24.9 Å². The van der Waals surface area contributed by atoms with Crippen molar-refractivity contribution in [2.45, 2.75) is 30.8 Å². The number of hydroxylamine groups is 2. The first-order valence-corrected chi connectivity index (χ1v) is 11.3. The van der Waals surface area contributed by atoms with E-state index in [1.807, 2.05) is 36.4 Å². The molecule has 0 spiro atoms. The Hall–Kier alpha value is -3.43. The lowest BCUT2D eigenvalue weighted by Gasteiger charge is -2.44. The summed E-state index contributed by atoms with van der Waals surface area (Å²) in [5, 5.41) is 13.3. The van der Waals surface area contributed by atoms with Crippen LogP contribution in [0.15, 0.2) is 48.5 Å². The van der Waals surface area contributed by atoms with Crippen molar-refractivity contribution in [2.24, 2.45) is 0 Å². The van der Waals surface area contributed by atoms with Crippen LogP contribution in [0.1, 0.15) is 29.9 Å². The molecule has 0 radical (unpaired) electrons. The van der Waals surface area contributed by atoms with E-state index >= 15 is 0 Å². The summed E-state index contributed by atoms with van der Waals surface area (Å²) in [6, 6.07) is 15.1. The number of benzene rings is 2. The largest absolute Gasteiger partial charge is 0.481 e. The van der Waals surface area contributed by atoms with Crippen molar-refractivity contribution in [3.8, 4) is 11.1 Å². The smallest absolute Gasteiger partial charge is 0.407 e. The van der Waals surface area contributed by atoms with Gasteiger partial charge in [0, 0.05) is 32.5 Å². The fourth-order valence-corrected chi connectivity index (χ4v) is 4.54. The summed E-state index contributed by atoms with van der Waals surface area (Å²) in [7, 11) is 3.34. The van der Waals surface area contributed by atoms with Gasteiger partial charge in [-0.2, -0.15) is 5.06 Å². The summed E-state index contributed by atoms with van der Waals surface area (Å²) in [5.74, 6) is -1.46. The molecule has 2 amide bonds. The molecule has 2 aliphatic rings. The highest BCUT2D eigenvalue weighted by Gasteiger charge is 2.38. The molecule has 2 aromatic rings. The zero-order valence-electron chi connectivity index (χ0n) is 19.3. The fraction of sp³-hybridized carbons (Fsp3) is 0.400. The minimum atomic E-state index is -1.03. The molecule has 9 heteroatoms. The van der Waals surface area contributed by atoms with Crippen molar-refractivity contribution in [3.05, 3.63) is 59.7 Å². The molecule has 1 unspecified atom stereocenters. The second-order valence-electron chi connectivity index (χ2n) is 8.58. The number of carboxylic acids is 1. The van der Waals surface area contributed by atoms with Gasteiger partial charge in [0.25, 0.3) is 0 Å². The lowest BCUT2D eigenvalue weighted by atomic mass is 9.98. The first-order valence-electron chi connectivity index (χ1n) is 11.3. The molecule has 1 aliphatic heterocycles. The van der Waals surface area contributed by atoms with Gasteiger partial charge in [0.05, 0.1) is 13.2 Å². The number of hydrogen-bond acceptors (Lipinski definition) is 6. The number of ether oxygens (including phenoxy) is 1. The second kappa shape index (κ2) is 10.2. The van der Waals surface area contributed by atoms with Gasteiger partial charge >= 0.3 is 12.1 Å². The number of likely N-dealkylation sites (tertiary alicyclic amines) is 1. The molecule has 1 fully saturated rings. The quantitative estimate of drug-likeness (QED) is 0.546. The van der Waals surface area contributed by atoms with Gasteiger partial charge in [-0.25, -0.2) is 4.79 Å². The molecule has 34 heavy (non-hydrogen) atoms. The molecular formula is C25H29N3O6. The number of fused-ring (bicyclic) bond motifs is 3. The highest BCUT2D eigenvalue weighted by molar-refractivity contribution is 5.87. The summed E-state index contributed by atoms with van der Waals surface area (Å²) >= 11 is 0. The average molecular weight is 468 g/mol. The standard InChI is InChI=1S/C25H29N3O6/c1-27(33-2)16-13-28(14-16)24(31)22(11-12-23(29)30)26-25(32)34-15-21-19-9-5-3-7-17(19)18-8-4-6-10-20(18)21/h3-10,16,21-22H,11-15H2,1-2H3,(H,26,32)(H,29,30). The maximum Gasteiger partial charge on any atom is 0.407 e. The number of nitrogens with one attached hydrogen (secondary N) is 1. The third kappa shape index (κ3) is 4.90. The number of rotatable bonds is 9. The molecule has 0 saturated carbocycles. The molecule has 9 nitrogen and oxygen atoms in total. The lowest BCUT2D eigenvalue weighted by Crippen LogP contribution is -2.63. The SMILES string of the molecule is CON(C)C1CN(C(=O)C(CCC(=O)O)NC(=O)OCC2c3ccccc3-c3ccccc32)C1. The van der Waals surface area contributed by atoms with E-state index in [0.29, 0.717) is 13.1 Å². The molecule has 0 bridgehead atoms. The number of likely N-dealkylation sites (N-methyl/N-ethyl adjacent to an activating group) is 1. The van der Waals surface area contributed by atoms with Gasteiger partial charge in [-0.05, 0) is 28.7 Å². The topological polar surface area (TPSA) is 108 Å². The minimum absolute atomic E-state index is 0.0142. The minimum Gasteiger partial charge on any atom is -0.481 e. The molecule has 180 valence electrons. The first kappa shape index (κ1) is 23.7. The number of alkyl carbamates (subject to hydrolysis) is 1. The van der Waals surface area contributed by atoms with Crippen molar-refractivity contribution >= 4 is 18.0 Å². The zero-order chi connectivity index (χ0) is 24.2. The number of aliphatic carboxylic acids is 1. The van der Waals surface area contributed by atoms with Crippen LogP contribution in [0, 0.1) is 0 Å². The molecule has 1 heterocycles. The van der Waals surface area contributed by atoms with Crippen LogP contribution < -0.4 is 5.32 Å². The highest BCUT2D eigenvalue weighted by Crippen LogP contribution is 2.44. The summed E-state index contributed by atoms with van der Waals surface area (Å²) in [6.45, 7) is 1.00. The molecule has 2 N–H and O–H groups in total. The molecule has 1 saturated heterocycles. The van der Waals surface area contributed by atoms with Crippen LogP contribution in [0.25, 0.3) is 11.1 Å². The third-order valence-electron chi connectivity index (χ3n) is 6.56. The van der Waals surface area contributed by atoms with E-state index in [1.54, 1.807) is 24.1 Å². The van der Waals surface area contributed by atoms with E-state index in [0.717, 1.165) is 22.3 Å². The van der Waals surface area contributed by atoms with Crippen LogP contribution in [0.5, 0.6) is 0 Å². The van der Waals surface area contributed by atoms with Crippen molar-refractivity contribution in [3.63, 3.8) is 0 Å². The van der Waals surface area contributed by atoms with Crippen molar-refractivity contribution in [2.75, 3.05) is 33.9 Å². The first-order chi connectivity index (χ1) is 16.4. The van der Waals surface area contributed by atoms with Gasteiger partial charge in [-0.3, -0.25) is 9.59 Å². The molecule has 4 rings (SSSR count). The number of hydrogen-bond donors (Lipinski definition) is 2. The Morgan fingerprint density at radius 1 is 1.09 bits per heavy atom. The van der Waals surface area contributed by atoms with Gasteiger partial charge in [0.15, 0.2) is 0 Å². The van der Waals surface area contributed by atoms with E-state index in [-0.39, 0.29) is 37.3 Å². The molecular weight excluding hydrogens is 438 g/mol. The molecule has 2 aromatic carbocycles. The van der Waals surface area contributed by atoms with Gasteiger partial charge in [0.1, 0.15) is 12.6 Å². The van der Waals surface area contributed by atoms with E-state index < -0.39 is 18.1 Å². The summed E-state index contributed by atoms with van der Waals surface area (Å²) in [4.78, 5) is 43.4. The number of carboxylic acid groups (broad SMARTS) is 1. The Bertz CT molecular complexity index is 1020. The second-order valence-corrected chi connectivity index (χ2v) is 8.58. The normalized spacial score (nSPS) is 15.9. The van der Waals surface area contributed by atoms with Gasteiger partial charge in [-0.15, -0.1) is 0 Å². The van der Waals surface area contributed by atoms with E-state index in [1.165, 1.54) is 0 Å². The van der Waals surface area contributed by atoms with Gasteiger partial charge in [0.2, 0.25) is 5.91 Å². The van der Waals surface area contributed by atoms with Crippen LogP contribution in [0.2, 0.25) is 0 Å². The number of carbonyl (C=O) groups is 3. The monoisotopic (exact) mass is 467 g/mol. The van der Waals surface area contributed by atoms with Crippen LogP contribution in [-0.4, -0.2) is 79.0 Å². The molecule has 1 atom stereocenters. The Labute approximate surface area is 198 Å². The summed E-state index contributed by atoms with van der Waals surface area (Å²) in [5.41, 5.74) is 4.41. The number of nitrogens with zero attached hydrogens (tertiary/aromatic N) is 2. The Morgan fingerprint density at radius 3 is 2.24 bits per heavy atom. The maximum absolute atomic E-state index is 12.9. The molecule has 1 aliphatic carbocycles. The Morgan fingerprint density at radius 2 is 1.68 bits per heavy atom. The van der Waals surface area contributed by atoms with E-state index in [4.69, 9.17) is 14.7 Å². The predicted octanol–water partition coefficient (Wildman–Crippen LogP) is 2.46. The third-order valence-corrected chi connectivity index (χ3v) is 6.56. The van der Waals surface area contributed by atoms with Gasteiger partial charge in [-0.1, -0.05) is 48.5 Å². The fourth-order valence-electron chi connectivity index (χ4n) is 4.54.